The molecule has 0 amide bonds. The lowest BCUT2D eigenvalue weighted by Crippen LogP contribution is -2.42. The molecule has 0 spiro atoms. The van der Waals surface area contributed by atoms with E-state index < -0.39 is 9.84 Å². The highest BCUT2D eigenvalue weighted by molar-refractivity contribution is 7.92. The monoisotopic (exact) mass is 189 g/mol. The summed E-state index contributed by atoms with van der Waals surface area (Å²) in [6.45, 7) is 0. The van der Waals surface area contributed by atoms with Crippen molar-refractivity contribution >= 4 is 9.84 Å². The molecule has 4 heteroatoms. The molecule has 1 saturated carbocycles. The standard InChI is InChI=1S/C8H15NO2S/c1-9-8(4-5-8)7-3-2-6-12(7,10)11/h7,9H,2-6H2,1H3. The lowest BCUT2D eigenvalue weighted by molar-refractivity contribution is 0.490. The van der Waals surface area contributed by atoms with Gasteiger partial charge in [0, 0.05) is 5.54 Å². The van der Waals surface area contributed by atoms with Gasteiger partial charge in [0.25, 0.3) is 0 Å². The normalized spacial score (nSPS) is 36.6. The summed E-state index contributed by atoms with van der Waals surface area (Å²) < 4.78 is 23.1. The molecule has 1 heterocycles. The Morgan fingerprint density at radius 3 is 2.42 bits per heavy atom. The largest absolute Gasteiger partial charge is 0.313 e. The van der Waals surface area contributed by atoms with Crippen molar-refractivity contribution in [2.24, 2.45) is 0 Å². The molecule has 0 aromatic heterocycles. The van der Waals surface area contributed by atoms with Crippen LogP contribution in [0.25, 0.3) is 0 Å². The van der Waals surface area contributed by atoms with Crippen molar-refractivity contribution in [3.05, 3.63) is 0 Å². The zero-order chi connectivity index (χ0) is 8.82. The first-order valence-electron chi connectivity index (χ1n) is 4.51. The second-order valence-corrected chi connectivity index (χ2v) is 6.21. The third-order valence-corrected chi connectivity index (χ3v) is 5.64. The van der Waals surface area contributed by atoms with Crippen LogP contribution in [0.1, 0.15) is 25.7 Å². The molecule has 2 rings (SSSR count). The predicted octanol–water partition coefficient (Wildman–Crippen LogP) is 0.316. The zero-order valence-electron chi connectivity index (χ0n) is 7.34. The van der Waals surface area contributed by atoms with Crippen molar-refractivity contribution in [1.29, 1.82) is 0 Å². The van der Waals surface area contributed by atoms with E-state index in [-0.39, 0.29) is 10.8 Å². The maximum Gasteiger partial charge on any atom is 0.154 e. The molecule has 0 radical (unpaired) electrons. The fourth-order valence-electron chi connectivity index (χ4n) is 2.28. The summed E-state index contributed by atoms with van der Waals surface area (Å²) in [5.74, 6) is 0.404. The predicted molar refractivity (Wildman–Crippen MR) is 47.8 cm³/mol. The SMILES string of the molecule is CNC1(C2CCCS2(=O)=O)CC1. The van der Waals surface area contributed by atoms with E-state index in [0.717, 1.165) is 25.7 Å². The number of sulfone groups is 1. The van der Waals surface area contributed by atoms with Gasteiger partial charge in [-0.3, -0.25) is 0 Å². The molecule has 1 aliphatic heterocycles. The Hall–Kier alpha value is -0.0900. The first-order valence-corrected chi connectivity index (χ1v) is 6.23. The third-order valence-electron chi connectivity index (χ3n) is 3.23. The van der Waals surface area contributed by atoms with Gasteiger partial charge in [-0.25, -0.2) is 8.42 Å². The van der Waals surface area contributed by atoms with Gasteiger partial charge in [0.1, 0.15) is 0 Å². The number of nitrogens with one attached hydrogen (secondary N) is 1. The number of rotatable bonds is 2. The van der Waals surface area contributed by atoms with E-state index in [0.29, 0.717) is 5.75 Å². The van der Waals surface area contributed by atoms with E-state index in [4.69, 9.17) is 0 Å². The third kappa shape index (κ3) is 1.09. The second kappa shape index (κ2) is 2.45. The number of hydrogen-bond acceptors (Lipinski definition) is 3. The Bertz CT molecular complexity index is 279. The van der Waals surface area contributed by atoms with Crippen LogP contribution in [0.4, 0.5) is 0 Å². The fourth-order valence-corrected chi connectivity index (χ4v) is 4.70. The second-order valence-electron chi connectivity index (χ2n) is 3.90. The minimum atomic E-state index is -2.76. The van der Waals surface area contributed by atoms with Gasteiger partial charge in [-0.2, -0.15) is 0 Å². The lowest BCUT2D eigenvalue weighted by atomic mass is 10.1. The van der Waals surface area contributed by atoms with Crippen LogP contribution < -0.4 is 5.32 Å². The molecule has 0 bridgehead atoms. The Kier molecular flexibility index (Phi) is 1.74. The molecule has 2 fully saturated rings. The first kappa shape index (κ1) is 8.51. The Labute approximate surface area is 73.5 Å². The molecule has 2 aliphatic rings. The molecule has 0 aromatic rings. The summed E-state index contributed by atoms with van der Waals surface area (Å²) in [4.78, 5) is 0. The van der Waals surface area contributed by atoms with Crippen LogP contribution >= 0.6 is 0 Å². The summed E-state index contributed by atoms with van der Waals surface area (Å²) in [6, 6.07) is 0. The quantitative estimate of drug-likeness (QED) is 0.680. The molecule has 1 N–H and O–H groups in total. The van der Waals surface area contributed by atoms with E-state index >= 15 is 0 Å². The summed E-state index contributed by atoms with van der Waals surface area (Å²) >= 11 is 0. The summed E-state index contributed by atoms with van der Waals surface area (Å²) in [5.41, 5.74) is -0.0324. The zero-order valence-corrected chi connectivity index (χ0v) is 8.15. The van der Waals surface area contributed by atoms with E-state index in [9.17, 15) is 8.42 Å². The van der Waals surface area contributed by atoms with Crippen molar-refractivity contribution < 1.29 is 8.42 Å². The highest BCUT2D eigenvalue weighted by Gasteiger charge is 2.54. The first-order chi connectivity index (χ1) is 5.61. The molecule has 3 nitrogen and oxygen atoms in total. The van der Waals surface area contributed by atoms with Crippen LogP contribution in [0.5, 0.6) is 0 Å². The van der Waals surface area contributed by atoms with Crippen molar-refractivity contribution in [3.8, 4) is 0 Å². The molecule has 1 aliphatic carbocycles. The van der Waals surface area contributed by atoms with Gasteiger partial charge in [-0.05, 0) is 32.7 Å². The smallest absolute Gasteiger partial charge is 0.154 e. The molecule has 1 atom stereocenters. The van der Waals surface area contributed by atoms with Crippen molar-refractivity contribution in [3.63, 3.8) is 0 Å². The van der Waals surface area contributed by atoms with Crippen LogP contribution in [-0.4, -0.2) is 32.0 Å². The maximum absolute atomic E-state index is 11.6. The van der Waals surface area contributed by atoms with Crippen LogP contribution in [0, 0.1) is 0 Å². The molecule has 1 saturated heterocycles. The van der Waals surface area contributed by atoms with Crippen molar-refractivity contribution in [1.82, 2.24) is 5.32 Å². The van der Waals surface area contributed by atoms with Gasteiger partial charge >= 0.3 is 0 Å². The molecule has 70 valence electrons. The van der Waals surface area contributed by atoms with E-state index in [1.165, 1.54) is 0 Å². The summed E-state index contributed by atoms with van der Waals surface area (Å²) in [6.07, 6.45) is 3.79. The molecule has 12 heavy (non-hydrogen) atoms. The van der Waals surface area contributed by atoms with E-state index in [1.807, 2.05) is 7.05 Å². The lowest BCUT2D eigenvalue weighted by Gasteiger charge is -2.20. The summed E-state index contributed by atoms with van der Waals surface area (Å²) in [5, 5.41) is 3.08. The topological polar surface area (TPSA) is 46.2 Å². The minimum absolute atomic E-state index is 0.0324. The van der Waals surface area contributed by atoms with Gasteiger partial charge in [-0.15, -0.1) is 0 Å². The van der Waals surface area contributed by atoms with Gasteiger partial charge in [0.2, 0.25) is 0 Å². The Morgan fingerprint density at radius 1 is 1.42 bits per heavy atom. The minimum Gasteiger partial charge on any atom is -0.313 e. The van der Waals surface area contributed by atoms with Crippen LogP contribution in [0.2, 0.25) is 0 Å². The van der Waals surface area contributed by atoms with Crippen LogP contribution in [-0.2, 0) is 9.84 Å². The molecular formula is C8H15NO2S. The average Bonchev–Trinajstić information content (AvgIpc) is 2.72. The van der Waals surface area contributed by atoms with Gasteiger partial charge in [-0.1, -0.05) is 0 Å². The van der Waals surface area contributed by atoms with E-state index in [1.54, 1.807) is 0 Å². The maximum atomic E-state index is 11.6. The van der Waals surface area contributed by atoms with Crippen LogP contribution in [0.3, 0.4) is 0 Å². The average molecular weight is 189 g/mol. The van der Waals surface area contributed by atoms with Crippen LogP contribution in [0.15, 0.2) is 0 Å². The van der Waals surface area contributed by atoms with Gasteiger partial charge in [0.15, 0.2) is 9.84 Å². The highest BCUT2D eigenvalue weighted by atomic mass is 32.2. The van der Waals surface area contributed by atoms with Gasteiger partial charge in [0.05, 0.1) is 11.0 Å². The Morgan fingerprint density at radius 2 is 2.08 bits per heavy atom. The summed E-state index contributed by atoms with van der Waals surface area (Å²) in [7, 11) is -0.881. The number of hydrogen-bond donors (Lipinski definition) is 1. The molecule has 1 unspecified atom stereocenters. The molecule has 0 aromatic carbocycles. The van der Waals surface area contributed by atoms with Crippen molar-refractivity contribution in [2.75, 3.05) is 12.8 Å². The highest BCUT2D eigenvalue weighted by Crippen LogP contribution is 2.45. The Balaban J connectivity index is 2.24. The molecular weight excluding hydrogens is 174 g/mol. The van der Waals surface area contributed by atoms with Crippen molar-refractivity contribution in [2.45, 2.75) is 36.5 Å². The van der Waals surface area contributed by atoms with E-state index in [2.05, 4.69) is 5.32 Å². The fraction of sp³-hybridized carbons (Fsp3) is 1.00. The van der Waals surface area contributed by atoms with Gasteiger partial charge < -0.3 is 5.32 Å².